The lowest BCUT2D eigenvalue weighted by Gasteiger charge is -2.20. The maximum atomic E-state index is 13.7. The average molecular weight is 542 g/mol. The highest BCUT2D eigenvalue weighted by molar-refractivity contribution is 7.49. The zero-order valence-electron chi connectivity index (χ0n) is 20.3. The Hall–Kier alpha value is -4.30. The molecule has 0 fully saturated rings. The highest BCUT2D eigenvalue weighted by atomic mass is 31.2. The summed E-state index contributed by atoms with van der Waals surface area (Å²) in [5.74, 6) is -2.24. The van der Waals surface area contributed by atoms with E-state index in [0.717, 1.165) is 16.7 Å². The molecule has 0 saturated heterocycles. The zero-order chi connectivity index (χ0) is 27.5. The number of benzene rings is 3. The Morgan fingerprint density at radius 1 is 0.500 bits per heavy atom. The van der Waals surface area contributed by atoms with Gasteiger partial charge in [0.2, 0.25) is 0 Å². The molecule has 0 aliphatic carbocycles. The molecule has 10 nitrogen and oxygen atoms in total. The van der Waals surface area contributed by atoms with Gasteiger partial charge in [0.15, 0.2) is 0 Å². The third-order valence-corrected chi connectivity index (χ3v) is 6.61. The fourth-order valence-corrected chi connectivity index (χ4v) is 4.60. The molecule has 0 aliphatic rings. The molecule has 0 amide bonds. The van der Waals surface area contributed by atoms with Crippen LogP contribution in [0.3, 0.4) is 0 Å². The fourth-order valence-electron chi connectivity index (χ4n) is 3.35. The number of phosphoric ester groups is 1. The zero-order valence-corrected chi connectivity index (χ0v) is 21.2. The minimum Gasteiger partial charge on any atom is -0.481 e. The summed E-state index contributed by atoms with van der Waals surface area (Å²) in [6, 6.07) is 19.1. The highest BCUT2D eigenvalue weighted by Gasteiger charge is 2.33. The molecule has 11 heteroatoms. The highest BCUT2D eigenvalue weighted by Crippen LogP contribution is 2.49. The van der Waals surface area contributed by atoms with Crippen LogP contribution < -0.4 is 13.6 Å². The van der Waals surface area contributed by atoms with Gasteiger partial charge in [0.1, 0.15) is 17.2 Å². The first kappa shape index (κ1) is 28.3. The molecule has 0 aliphatic heterocycles. The average Bonchev–Trinajstić information content (AvgIpc) is 2.87. The van der Waals surface area contributed by atoms with Crippen molar-refractivity contribution in [1.29, 1.82) is 0 Å². The van der Waals surface area contributed by atoms with E-state index in [2.05, 4.69) is 0 Å². The van der Waals surface area contributed by atoms with Gasteiger partial charge in [-0.25, -0.2) is 0 Å². The molecule has 38 heavy (non-hydrogen) atoms. The quantitative estimate of drug-likeness (QED) is 0.213. The van der Waals surface area contributed by atoms with Gasteiger partial charge in [0.05, 0.1) is 0 Å². The molecular formula is C27H27O10P. The van der Waals surface area contributed by atoms with Crippen LogP contribution in [-0.2, 0) is 38.2 Å². The second kappa shape index (κ2) is 13.3. The summed E-state index contributed by atoms with van der Waals surface area (Å²) in [4.78, 5) is 32.4. The molecule has 0 atom stereocenters. The molecule has 200 valence electrons. The number of carbonyl (C=O) groups is 3. The number of hydrogen-bond donors (Lipinski definition) is 3. The lowest BCUT2D eigenvalue weighted by molar-refractivity contribution is -0.138. The van der Waals surface area contributed by atoms with Crippen LogP contribution in [0.1, 0.15) is 36.0 Å². The molecule has 3 rings (SSSR count). The monoisotopic (exact) mass is 542 g/mol. The number of aliphatic carboxylic acids is 3. The molecule has 0 heterocycles. The van der Waals surface area contributed by atoms with E-state index in [1.165, 1.54) is 36.4 Å². The Balaban J connectivity index is 1.78. The largest absolute Gasteiger partial charge is 0.647 e. The standard InChI is InChI=1S/C27H27O10P/c28-25(29)16-7-19-1-10-22(11-2-19)35-38(34,36-23-12-3-20(4-13-23)8-17-26(30)31)37-24-14-5-21(6-15-24)9-18-27(32)33/h1-6,10-15H,7-9,16-18H2,(H,28,29)(H,30,31)(H,32,33). The van der Waals surface area contributed by atoms with Gasteiger partial charge in [0.25, 0.3) is 0 Å². The molecule has 3 N–H and O–H groups in total. The number of phosphoric acid groups is 1. The molecule has 0 spiro atoms. The minimum absolute atomic E-state index is 0.0319. The molecule has 0 saturated carbocycles. The van der Waals surface area contributed by atoms with Gasteiger partial charge in [-0.05, 0) is 72.4 Å². The molecule has 0 unspecified atom stereocenters. The van der Waals surface area contributed by atoms with Crippen molar-refractivity contribution >= 4 is 25.7 Å². The van der Waals surface area contributed by atoms with Gasteiger partial charge in [-0.3, -0.25) is 14.4 Å². The van der Waals surface area contributed by atoms with Crippen molar-refractivity contribution in [3.05, 3.63) is 89.5 Å². The normalized spacial score (nSPS) is 10.9. The van der Waals surface area contributed by atoms with E-state index < -0.39 is 25.7 Å². The van der Waals surface area contributed by atoms with Gasteiger partial charge in [0, 0.05) is 19.3 Å². The lowest BCUT2D eigenvalue weighted by Crippen LogP contribution is -2.08. The van der Waals surface area contributed by atoms with Crippen molar-refractivity contribution < 1.29 is 47.8 Å². The number of aryl methyl sites for hydroxylation is 3. The summed E-state index contributed by atoms with van der Waals surface area (Å²) in [5, 5.41) is 26.6. The van der Waals surface area contributed by atoms with E-state index >= 15 is 0 Å². The summed E-state index contributed by atoms with van der Waals surface area (Å²) in [7, 11) is -4.31. The van der Waals surface area contributed by atoms with Gasteiger partial charge in [-0.2, -0.15) is 4.57 Å². The fraction of sp³-hybridized carbons (Fsp3) is 0.222. The minimum atomic E-state index is -4.31. The van der Waals surface area contributed by atoms with Crippen LogP contribution in [0.25, 0.3) is 0 Å². The van der Waals surface area contributed by atoms with E-state index in [0.29, 0.717) is 19.3 Å². The molecule has 0 aromatic heterocycles. The van der Waals surface area contributed by atoms with Crippen molar-refractivity contribution in [2.75, 3.05) is 0 Å². The second-order valence-electron chi connectivity index (χ2n) is 8.33. The van der Waals surface area contributed by atoms with Crippen LogP contribution in [-0.4, -0.2) is 33.2 Å². The van der Waals surface area contributed by atoms with Gasteiger partial charge < -0.3 is 28.9 Å². The maximum absolute atomic E-state index is 13.7. The Kier molecular flexibility index (Phi) is 9.90. The van der Waals surface area contributed by atoms with Gasteiger partial charge in [-0.1, -0.05) is 36.4 Å². The number of rotatable bonds is 15. The summed E-state index contributed by atoms with van der Waals surface area (Å²) < 4.78 is 30.7. The van der Waals surface area contributed by atoms with Crippen molar-refractivity contribution in [3.8, 4) is 17.2 Å². The topological polar surface area (TPSA) is 157 Å². The van der Waals surface area contributed by atoms with Crippen LogP contribution in [0.4, 0.5) is 0 Å². The molecule has 3 aromatic carbocycles. The van der Waals surface area contributed by atoms with Crippen molar-refractivity contribution in [2.45, 2.75) is 38.5 Å². The first-order valence-corrected chi connectivity index (χ1v) is 13.2. The Bertz CT molecular complexity index is 1120. The van der Waals surface area contributed by atoms with Crippen molar-refractivity contribution in [3.63, 3.8) is 0 Å². The number of carboxylic acid groups (broad SMARTS) is 3. The SMILES string of the molecule is O=C(O)CCc1ccc(OP(=O)(Oc2ccc(CCC(=O)O)cc2)Oc2ccc(CCC(=O)O)cc2)cc1. The first-order chi connectivity index (χ1) is 18.1. The molecule has 3 aromatic rings. The van der Waals surface area contributed by atoms with Gasteiger partial charge >= 0.3 is 25.7 Å². The van der Waals surface area contributed by atoms with E-state index in [9.17, 15) is 18.9 Å². The van der Waals surface area contributed by atoms with E-state index in [1.54, 1.807) is 36.4 Å². The molecule has 0 bridgehead atoms. The lowest BCUT2D eigenvalue weighted by atomic mass is 10.1. The van der Waals surface area contributed by atoms with Crippen molar-refractivity contribution in [1.82, 2.24) is 0 Å². The second-order valence-corrected chi connectivity index (χ2v) is 9.78. The van der Waals surface area contributed by atoms with Crippen LogP contribution in [0.5, 0.6) is 17.2 Å². The molecular weight excluding hydrogens is 515 g/mol. The molecule has 0 radical (unpaired) electrons. The van der Waals surface area contributed by atoms with Crippen LogP contribution >= 0.6 is 7.82 Å². The predicted molar refractivity (Wildman–Crippen MR) is 137 cm³/mol. The van der Waals surface area contributed by atoms with E-state index in [-0.39, 0.29) is 36.5 Å². The van der Waals surface area contributed by atoms with Crippen LogP contribution in [0.2, 0.25) is 0 Å². The Morgan fingerprint density at radius 3 is 0.947 bits per heavy atom. The smallest absolute Gasteiger partial charge is 0.481 e. The number of hydrogen-bond acceptors (Lipinski definition) is 7. The van der Waals surface area contributed by atoms with Crippen molar-refractivity contribution in [2.24, 2.45) is 0 Å². The summed E-state index contributed by atoms with van der Waals surface area (Å²) >= 11 is 0. The van der Waals surface area contributed by atoms with E-state index in [1.807, 2.05) is 0 Å². The van der Waals surface area contributed by atoms with E-state index in [4.69, 9.17) is 28.9 Å². The van der Waals surface area contributed by atoms with Crippen LogP contribution in [0.15, 0.2) is 72.8 Å². The first-order valence-electron chi connectivity index (χ1n) is 11.7. The van der Waals surface area contributed by atoms with Gasteiger partial charge in [-0.15, -0.1) is 0 Å². The Labute approximate surface area is 219 Å². The Morgan fingerprint density at radius 2 is 0.737 bits per heavy atom. The third-order valence-electron chi connectivity index (χ3n) is 5.30. The predicted octanol–water partition coefficient (Wildman–Crippen LogP) is 5.38. The number of carboxylic acids is 3. The maximum Gasteiger partial charge on any atom is 0.647 e. The van der Waals surface area contributed by atoms with Crippen LogP contribution in [0, 0.1) is 0 Å². The summed E-state index contributed by atoms with van der Waals surface area (Å²) in [6.45, 7) is 0. The third kappa shape index (κ3) is 9.63. The summed E-state index contributed by atoms with van der Waals surface area (Å²) in [5.41, 5.74) is 2.26. The summed E-state index contributed by atoms with van der Waals surface area (Å²) in [6.07, 6.45) is 0.871.